The Balaban J connectivity index is 1.60. The minimum absolute atomic E-state index is 0.182. The van der Waals surface area contributed by atoms with E-state index in [-0.39, 0.29) is 10.8 Å². The molecule has 8 heteroatoms. The van der Waals surface area contributed by atoms with Crippen molar-refractivity contribution in [2.45, 2.75) is 5.92 Å². The monoisotopic (exact) mass is 488 g/mol. The Labute approximate surface area is 199 Å². The standard InChI is InChI=1S/C25H13ClN2O3S2/c26-23-19(21(29)13-7-1-4-10-16(13)31-23)22(30)20(24-27-14-8-2-5-11-17(14)32-24)25-28-15-9-3-6-12-18(15)33-25/h1-12,20H. The fraction of sp³-hybridized carbons (Fsp3) is 0.0400. The Hall–Kier alpha value is -3.39. The summed E-state index contributed by atoms with van der Waals surface area (Å²) in [6.45, 7) is 0. The van der Waals surface area contributed by atoms with Gasteiger partial charge < -0.3 is 4.42 Å². The Morgan fingerprint density at radius 2 is 1.36 bits per heavy atom. The topological polar surface area (TPSA) is 73.1 Å². The first kappa shape index (κ1) is 20.2. The van der Waals surface area contributed by atoms with Crippen LogP contribution in [0.3, 0.4) is 0 Å². The molecule has 3 heterocycles. The van der Waals surface area contributed by atoms with Crippen molar-refractivity contribution in [1.29, 1.82) is 0 Å². The molecule has 3 aromatic carbocycles. The third-order valence-electron chi connectivity index (χ3n) is 5.38. The van der Waals surface area contributed by atoms with Gasteiger partial charge in [-0.2, -0.15) is 0 Å². The Kier molecular flexibility index (Phi) is 4.83. The van der Waals surface area contributed by atoms with Gasteiger partial charge in [0, 0.05) is 0 Å². The summed E-state index contributed by atoms with van der Waals surface area (Å²) in [6, 6.07) is 22.1. The Morgan fingerprint density at radius 3 is 1.97 bits per heavy atom. The van der Waals surface area contributed by atoms with Gasteiger partial charge in [0.25, 0.3) is 0 Å². The highest BCUT2D eigenvalue weighted by Crippen LogP contribution is 2.38. The number of fused-ring (bicyclic) bond motifs is 3. The zero-order valence-electron chi connectivity index (χ0n) is 16.8. The highest BCUT2D eigenvalue weighted by Gasteiger charge is 2.34. The number of rotatable bonds is 4. The van der Waals surface area contributed by atoms with Crippen molar-refractivity contribution in [3.8, 4) is 0 Å². The molecule has 0 fully saturated rings. The fourth-order valence-electron chi connectivity index (χ4n) is 3.82. The number of para-hydroxylation sites is 3. The Morgan fingerprint density at radius 1 is 0.818 bits per heavy atom. The van der Waals surface area contributed by atoms with Gasteiger partial charge in [-0.1, -0.05) is 36.4 Å². The number of carbonyl (C=O) groups is 1. The zero-order chi connectivity index (χ0) is 22.5. The van der Waals surface area contributed by atoms with Crippen molar-refractivity contribution in [2.75, 3.05) is 0 Å². The van der Waals surface area contributed by atoms with Crippen molar-refractivity contribution >= 4 is 71.5 Å². The molecule has 0 aliphatic heterocycles. The molecule has 0 saturated heterocycles. The molecular formula is C25H13ClN2O3S2. The van der Waals surface area contributed by atoms with Gasteiger partial charge in [-0.15, -0.1) is 22.7 Å². The van der Waals surface area contributed by atoms with E-state index < -0.39 is 17.1 Å². The minimum Gasteiger partial charge on any atom is -0.444 e. The fourth-order valence-corrected chi connectivity index (χ4v) is 6.30. The van der Waals surface area contributed by atoms with Crippen molar-refractivity contribution < 1.29 is 9.21 Å². The molecule has 0 saturated carbocycles. The van der Waals surface area contributed by atoms with E-state index >= 15 is 0 Å². The highest BCUT2D eigenvalue weighted by atomic mass is 35.5. The molecule has 5 nitrogen and oxygen atoms in total. The molecule has 33 heavy (non-hydrogen) atoms. The molecule has 0 aliphatic carbocycles. The summed E-state index contributed by atoms with van der Waals surface area (Å²) in [4.78, 5) is 36.7. The van der Waals surface area contributed by atoms with Crippen LogP contribution in [0.4, 0.5) is 0 Å². The van der Waals surface area contributed by atoms with Crippen LogP contribution in [0, 0.1) is 0 Å². The van der Waals surface area contributed by atoms with E-state index in [2.05, 4.69) is 0 Å². The first-order valence-electron chi connectivity index (χ1n) is 10.1. The number of hydrogen-bond acceptors (Lipinski definition) is 7. The number of aromatic nitrogens is 2. The summed E-state index contributed by atoms with van der Waals surface area (Å²) in [5.74, 6) is -1.35. The second-order valence-electron chi connectivity index (χ2n) is 7.41. The molecule has 0 radical (unpaired) electrons. The maximum absolute atomic E-state index is 14.0. The van der Waals surface area contributed by atoms with Crippen LogP contribution in [0.15, 0.2) is 82.0 Å². The third-order valence-corrected chi connectivity index (χ3v) is 7.85. The van der Waals surface area contributed by atoms with E-state index in [1.807, 2.05) is 48.5 Å². The van der Waals surface area contributed by atoms with Gasteiger partial charge in [0.15, 0.2) is 5.78 Å². The lowest BCUT2D eigenvalue weighted by molar-refractivity contribution is 0.0971. The second-order valence-corrected chi connectivity index (χ2v) is 9.88. The van der Waals surface area contributed by atoms with Gasteiger partial charge >= 0.3 is 0 Å². The van der Waals surface area contributed by atoms with E-state index in [9.17, 15) is 9.59 Å². The number of benzene rings is 3. The van der Waals surface area contributed by atoms with Crippen LogP contribution < -0.4 is 5.43 Å². The summed E-state index contributed by atoms with van der Waals surface area (Å²) in [5.41, 5.74) is 1.26. The van der Waals surface area contributed by atoms with Crippen LogP contribution >= 0.6 is 34.3 Å². The number of nitrogens with zero attached hydrogens (tertiary/aromatic N) is 2. The van der Waals surface area contributed by atoms with Crippen molar-refractivity contribution in [3.05, 3.63) is 104 Å². The molecular weight excluding hydrogens is 476 g/mol. The van der Waals surface area contributed by atoms with Crippen LogP contribution in [-0.2, 0) is 0 Å². The van der Waals surface area contributed by atoms with E-state index in [0.29, 0.717) is 21.0 Å². The number of hydrogen-bond donors (Lipinski definition) is 0. The third kappa shape index (κ3) is 3.36. The van der Waals surface area contributed by atoms with Gasteiger partial charge in [-0.05, 0) is 48.0 Å². The molecule has 6 aromatic rings. The van der Waals surface area contributed by atoms with Crippen LogP contribution in [0.5, 0.6) is 0 Å². The lowest BCUT2D eigenvalue weighted by atomic mass is 9.98. The summed E-state index contributed by atoms with van der Waals surface area (Å²) < 4.78 is 7.54. The summed E-state index contributed by atoms with van der Waals surface area (Å²) >= 11 is 9.17. The van der Waals surface area contributed by atoms with Crippen LogP contribution in [-0.4, -0.2) is 15.8 Å². The maximum atomic E-state index is 14.0. The largest absolute Gasteiger partial charge is 0.444 e. The first-order chi connectivity index (χ1) is 16.1. The van der Waals surface area contributed by atoms with E-state index in [0.717, 1.165) is 20.4 Å². The number of halogens is 1. The molecule has 0 unspecified atom stereocenters. The van der Waals surface area contributed by atoms with Gasteiger partial charge in [0.05, 0.1) is 25.8 Å². The number of thiazole rings is 2. The average molecular weight is 489 g/mol. The highest BCUT2D eigenvalue weighted by molar-refractivity contribution is 7.20. The predicted molar refractivity (Wildman–Crippen MR) is 133 cm³/mol. The average Bonchev–Trinajstić information content (AvgIpc) is 3.43. The molecule has 0 atom stereocenters. The van der Waals surface area contributed by atoms with Gasteiger partial charge in [0.2, 0.25) is 10.6 Å². The van der Waals surface area contributed by atoms with Crippen LogP contribution in [0.2, 0.25) is 5.22 Å². The lowest BCUT2D eigenvalue weighted by Crippen LogP contribution is -2.22. The molecule has 3 aromatic heterocycles. The van der Waals surface area contributed by atoms with Crippen molar-refractivity contribution in [3.63, 3.8) is 0 Å². The quantitative estimate of drug-likeness (QED) is 0.259. The molecule has 0 bridgehead atoms. The first-order valence-corrected chi connectivity index (χ1v) is 12.1. The second kappa shape index (κ2) is 7.88. The minimum atomic E-state index is -0.874. The summed E-state index contributed by atoms with van der Waals surface area (Å²) in [6.07, 6.45) is 0. The van der Waals surface area contributed by atoms with E-state index in [1.54, 1.807) is 24.3 Å². The predicted octanol–water partition coefficient (Wildman–Crippen LogP) is 6.68. The molecule has 0 N–H and O–H groups in total. The van der Waals surface area contributed by atoms with Crippen LogP contribution in [0.1, 0.15) is 26.3 Å². The van der Waals surface area contributed by atoms with Crippen LogP contribution in [0.25, 0.3) is 31.4 Å². The van der Waals surface area contributed by atoms with Crippen molar-refractivity contribution in [1.82, 2.24) is 9.97 Å². The number of ketones is 1. The molecule has 6 rings (SSSR count). The normalized spacial score (nSPS) is 11.7. The molecule has 0 amide bonds. The van der Waals surface area contributed by atoms with Gasteiger partial charge in [0.1, 0.15) is 27.1 Å². The van der Waals surface area contributed by atoms with Crippen molar-refractivity contribution in [2.24, 2.45) is 0 Å². The Bertz CT molecular complexity index is 1610. The zero-order valence-corrected chi connectivity index (χ0v) is 19.2. The smallest absolute Gasteiger partial charge is 0.208 e. The van der Waals surface area contributed by atoms with E-state index in [4.69, 9.17) is 26.0 Å². The van der Waals surface area contributed by atoms with Gasteiger partial charge in [-0.25, -0.2) is 9.97 Å². The molecule has 0 aliphatic rings. The number of carbonyl (C=O) groups excluding carboxylic acids is 1. The maximum Gasteiger partial charge on any atom is 0.208 e. The van der Waals surface area contributed by atoms with Gasteiger partial charge in [-0.3, -0.25) is 9.59 Å². The molecule has 0 spiro atoms. The lowest BCUT2D eigenvalue weighted by Gasteiger charge is -2.11. The SMILES string of the molecule is O=C(c1c(Cl)oc2ccccc2c1=O)C(c1nc2ccccc2s1)c1nc2ccccc2s1. The van der Waals surface area contributed by atoms with E-state index in [1.165, 1.54) is 22.7 Å². The summed E-state index contributed by atoms with van der Waals surface area (Å²) in [7, 11) is 0. The number of Topliss-reactive ketones (excluding diaryl/α,β-unsaturated/α-hetero) is 1. The summed E-state index contributed by atoms with van der Waals surface area (Å²) in [5, 5.41) is 1.20. The molecule has 160 valence electrons.